The first-order chi connectivity index (χ1) is 10.5. The van der Waals surface area contributed by atoms with E-state index in [4.69, 9.17) is 16.3 Å². The first-order valence-electron chi connectivity index (χ1n) is 7.91. The van der Waals surface area contributed by atoms with Gasteiger partial charge in [-0.2, -0.15) is 0 Å². The van der Waals surface area contributed by atoms with Crippen molar-refractivity contribution in [2.75, 3.05) is 6.73 Å². The van der Waals surface area contributed by atoms with Crippen molar-refractivity contribution in [3.05, 3.63) is 28.3 Å². The molecule has 4 nitrogen and oxygen atoms in total. The predicted octanol–water partition coefficient (Wildman–Crippen LogP) is 4.17. The Morgan fingerprint density at radius 3 is 2.55 bits per heavy atom. The number of carbonyl (C=O) groups excluding carboxylic acids is 1. The van der Waals surface area contributed by atoms with Crippen LogP contribution in [-0.2, 0) is 0 Å². The van der Waals surface area contributed by atoms with Gasteiger partial charge < -0.3 is 15.4 Å². The highest BCUT2D eigenvalue weighted by Gasteiger charge is 2.22. The fourth-order valence-corrected chi connectivity index (χ4v) is 3.03. The lowest BCUT2D eigenvalue weighted by molar-refractivity contribution is 0.208. The summed E-state index contributed by atoms with van der Waals surface area (Å²) in [7, 11) is 0. The van der Waals surface area contributed by atoms with Gasteiger partial charge in [-0.25, -0.2) is 4.79 Å². The van der Waals surface area contributed by atoms with Crippen LogP contribution in [0, 0.1) is 19.8 Å². The van der Waals surface area contributed by atoms with Gasteiger partial charge in [-0.1, -0.05) is 31.4 Å². The highest BCUT2D eigenvalue weighted by molar-refractivity contribution is 6.32. The van der Waals surface area contributed by atoms with Gasteiger partial charge >= 0.3 is 6.03 Å². The number of hydrogen-bond donors (Lipinski definition) is 2. The van der Waals surface area contributed by atoms with Gasteiger partial charge in [0.05, 0.1) is 0 Å². The molecule has 1 aromatic carbocycles. The number of benzene rings is 1. The molecule has 1 aliphatic rings. The number of amides is 2. The maximum atomic E-state index is 11.9. The summed E-state index contributed by atoms with van der Waals surface area (Å²) in [5, 5.41) is 6.54. The molecule has 0 radical (unpaired) electrons. The number of aryl methyl sites for hydroxylation is 2. The summed E-state index contributed by atoms with van der Waals surface area (Å²) in [6.07, 6.45) is 4.70. The molecule has 2 N–H and O–H groups in total. The number of ether oxygens (including phenoxy) is 1. The van der Waals surface area contributed by atoms with E-state index in [1.54, 1.807) is 0 Å². The molecule has 0 spiro atoms. The summed E-state index contributed by atoms with van der Waals surface area (Å²) < 4.78 is 5.58. The zero-order chi connectivity index (χ0) is 16.1. The highest BCUT2D eigenvalue weighted by Crippen LogP contribution is 2.26. The minimum atomic E-state index is -0.166. The molecule has 0 aliphatic heterocycles. The maximum Gasteiger partial charge on any atom is 0.317 e. The van der Waals surface area contributed by atoms with Crippen molar-refractivity contribution < 1.29 is 9.53 Å². The van der Waals surface area contributed by atoms with Crippen LogP contribution in [0.25, 0.3) is 0 Å². The Morgan fingerprint density at radius 2 is 1.91 bits per heavy atom. The molecule has 1 aliphatic carbocycles. The molecule has 0 aromatic heterocycles. The molecule has 2 atom stereocenters. The normalized spacial score (nSPS) is 21.3. The molecule has 0 saturated heterocycles. The van der Waals surface area contributed by atoms with Crippen LogP contribution in [0.5, 0.6) is 5.75 Å². The van der Waals surface area contributed by atoms with E-state index in [2.05, 4.69) is 17.6 Å². The number of nitrogens with one attached hydrogen (secondary N) is 2. The Kier molecular flexibility index (Phi) is 5.95. The van der Waals surface area contributed by atoms with Crippen LogP contribution < -0.4 is 15.4 Å². The number of carbonyl (C=O) groups is 1. The quantitative estimate of drug-likeness (QED) is 0.817. The predicted molar refractivity (Wildman–Crippen MR) is 89.5 cm³/mol. The third-order valence-electron chi connectivity index (χ3n) is 4.31. The summed E-state index contributed by atoms with van der Waals surface area (Å²) in [4.78, 5) is 11.9. The first kappa shape index (κ1) is 16.9. The summed E-state index contributed by atoms with van der Waals surface area (Å²) >= 11 is 6.12. The van der Waals surface area contributed by atoms with Crippen LogP contribution in [0.2, 0.25) is 5.02 Å². The molecule has 5 heteroatoms. The summed E-state index contributed by atoms with van der Waals surface area (Å²) in [6.45, 7) is 6.22. The molecule has 122 valence electrons. The minimum absolute atomic E-state index is 0.146. The topological polar surface area (TPSA) is 50.4 Å². The van der Waals surface area contributed by atoms with Crippen LogP contribution in [0.4, 0.5) is 4.79 Å². The van der Waals surface area contributed by atoms with E-state index in [0.29, 0.717) is 11.7 Å². The molecule has 2 rings (SSSR count). The molecule has 22 heavy (non-hydrogen) atoms. The van der Waals surface area contributed by atoms with Crippen molar-refractivity contribution in [3.63, 3.8) is 0 Å². The van der Waals surface area contributed by atoms with Gasteiger partial charge in [0.15, 0.2) is 6.73 Å². The van der Waals surface area contributed by atoms with E-state index < -0.39 is 0 Å². The Balaban J connectivity index is 1.77. The van der Waals surface area contributed by atoms with E-state index in [9.17, 15) is 4.79 Å². The first-order valence-corrected chi connectivity index (χ1v) is 8.29. The van der Waals surface area contributed by atoms with Crippen LogP contribution >= 0.6 is 11.6 Å². The van der Waals surface area contributed by atoms with Crippen molar-refractivity contribution in [1.29, 1.82) is 0 Å². The average molecular weight is 325 g/mol. The van der Waals surface area contributed by atoms with Crippen molar-refractivity contribution in [3.8, 4) is 5.75 Å². The standard InChI is InChI=1S/C17H25ClN2O2/c1-11-6-4-5-7-15(11)20-17(21)19-10-22-14-8-12(2)16(18)13(3)9-14/h8-9,11,15H,4-7,10H2,1-3H3,(H2,19,20,21). The van der Waals surface area contributed by atoms with Crippen LogP contribution in [0.1, 0.15) is 43.7 Å². The number of rotatable bonds is 4. The lowest BCUT2D eigenvalue weighted by Gasteiger charge is -2.29. The maximum absolute atomic E-state index is 11.9. The Hall–Kier alpha value is -1.42. The van der Waals surface area contributed by atoms with Crippen molar-refractivity contribution in [2.45, 2.75) is 52.5 Å². The number of urea groups is 1. The molecule has 1 saturated carbocycles. The summed E-state index contributed by atoms with van der Waals surface area (Å²) in [5.74, 6) is 1.26. The third-order valence-corrected chi connectivity index (χ3v) is 4.91. The fourth-order valence-electron chi connectivity index (χ4n) is 2.92. The monoisotopic (exact) mass is 324 g/mol. The van der Waals surface area contributed by atoms with E-state index in [1.807, 2.05) is 26.0 Å². The van der Waals surface area contributed by atoms with Gasteiger partial charge in [-0.15, -0.1) is 0 Å². The number of hydrogen-bond acceptors (Lipinski definition) is 2. The zero-order valence-electron chi connectivity index (χ0n) is 13.5. The molecular formula is C17H25ClN2O2. The van der Waals surface area contributed by atoms with Gasteiger partial charge in [0, 0.05) is 11.1 Å². The van der Waals surface area contributed by atoms with Crippen LogP contribution in [0.15, 0.2) is 12.1 Å². The minimum Gasteiger partial charge on any atom is -0.473 e. The lowest BCUT2D eigenvalue weighted by atomic mass is 9.86. The van der Waals surface area contributed by atoms with Crippen molar-refractivity contribution in [2.24, 2.45) is 5.92 Å². The molecule has 0 heterocycles. The third kappa shape index (κ3) is 4.54. The molecule has 1 fully saturated rings. The molecule has 2 unspecified atom stereocenters. The molecule has 0 bridgehead atoms. The van der Waals surface area contributed by atoms with E-state index in [1.165, 1.54) is 19.3 Å². The second kappa shape index (κ2) is 7.73. The smallest absolute Gasteiger partial charge is 0.317 e. The average Bonchev–Trinajstić information content (AvgIpc) is 2.47. The number of halogens is 1. The van der Waals surface area contributed by atoms with Crippen molar-refractivity contribution in [1.82, 2.24) is 10.6 Å². The second-order valence-corrected chi connectivity index (χ2v) is 6.56. The molecule has 2 amide bonds. The lowest BCUT2D eigenvalue weighted by Crippen LogP contribution is -2.46. The molecular weight excluding hydrogens is 300 g/mol. The fraction of sp³-hybridized carbons (Fsp3) is 0.588. The van der Waals surface area contributed by atoms with Gasteiger partial charge in [0.25, 0.3) is 0 Å². The Bertz CT molecular complexity index is 510. The largest absolute Gasteiger partial charge is 0.473 e. The van der Waals surface area contributed by atoms with Gasteiger partial charge in [0.1, 0.15) is 5.75 Å². The van der Waals surface area contributed by atoms with Crippen molar-refractivity contribution >= 4 is 17.6 Å². The van der Waals surface area contributed by atoms with E-state index in [0.717, 1.165) is 22.6 Å². The summed E-state index contributed by atoms with van der Waals surface area (Å²) in [5.41, 5.74) is 1.94. The second-order valence-electron chi connectivity index (χ2n) is 6.18. The van der Waals surface area contributed by atoms with Gasteiger partial charge in [0.2, 0.25) is 0 Å². The van der Waals surface area contributed by atoms with Crippen LogP contribution in [-0.4, -0.2) is 18.8 Å². The van der Waals surface area contributed by atoms with E-state index >= 15 is 0 Å². The highest BCUT2D eigenvalue weighted by atomic mass is 35.5. The summed E-state index contributed by atoms with van der Waals surface area (Å²) in [6, 6.07) is 3.85. The van der Waals surface area contributed by atoms with Gasteiger partial charge in [-0.05, 0) is 55.9 Å². The van der Waals surface area contributed by atoms with E-state index in [-0.39, 0.29) is 18.8 Å². The van der Waals surface area contributed by atoms with Crippen LogP contribution in [0.3, 0.4) is 0 Å². The Morgan fingerprint density at radius 1 is 1.27 bits per heavy atom. The van der Waals surface area contributed by atoms with Gasteiger partial charge in [-0.3, -0.25) is 0 Å². The zero-order valence-corrected chi connectivity index (χ0v) is 14.3. The molecule has 1 aromatic rings. The Labute approximate surface area is 137 Å². The SMILES string of the molecule is Cc1cc(OCNC(=O)NC2CCCCC2C)cc(C)c1Cl.